The van der Waals surface area contributed by atoms with Crippen molar-refractivity contribution in [3.8, 4) is 11.6 Å². The maximum absolute atomic E-state index is 5.81. The summed E-state index contributed by atoms with van der Waals surface area (Å²) < 4.78 is 5.81. The molecule has 2 aromatic rings. The van der Waals surface area contributed by atoms with Crippen molar-refractivity contribution in [2.75, 3.05) is 32.1 Å². The molecule has 0 aliphatic carbocycles. The topological polar surface area (TPSA) is 41.5 Å². The Morgan fingerprint density at radius 1 is 1.15 bits per heavy atom. The monoisotopic (exact) mass is 270 g/mol. The van der Waals surface area contributed by atoms with Crippen molar-refractivity contribution in [3.63, 3.8) is 0 Å². The maximum atomic E-state index is 5.81. The molecule has 5 nitrogen and oxygen atoms in total. The van der Waals surface area contributed by atoms with Crippen LogP contribution in [0.3, 0.4) is 0 Å². The van der Waals surface area contributed by atoms with Gasteiger partial charge in [-0.2, -0.15) is 5.10 Å². The minimum atomic E-state index is 0.580. The first-order chi connectivity index (χ1) is 9.75. The Balaban J connectivity index is 1.91. The molecule has 3 rings (SSSR count). The van der Waals surface area contributed by atoms with Gasteiger partial charge in [0.1, 0.15) is 5.69 Å². The van der Waals surface area contributed by atoms with E-state index in [9.17, 15) is 0 Å². The number of hydrogen-bond acceptors (Lipinski definition) is 5. The molecule has 1 aromatic heterocycles. The van der Waals surface area contributed by atoms with Crippen molar-refractivity contribution in [2.45, 2.75) is 6.42 Å². The SMILES string of the molecule is CN(C)CCCN1c2ccccc2Oc2nnccc21. The first-order valence-corrected chi connectivity index (χ1v) is 6.76. The number of aromatic nitrogens is 2. The molecule has 0 radical (unpaired) electrons. The lowest BCUT2D eigenvalue weighted by molar-refractivity contribution is 0.399. The Labute approximate surface area is 118 Å². The first kappa shape index (κ1) is 12.9. The van der Waals surface area contributed by atoms with Gasteiger partial charge in [0, 0.05) is 6.54 Å². The highest BCUT2D eigenvalue weighted by atomic mass is 16.5. The third-order valence-corrected chi connectivity index (χ3v) is 3.31. The van der Waals surface area contributed by atoms with Gasteiger partial charge in [-0.3, -0.25) is 0 Å². The quantitative estimate of drug-likeness (QED) is 0.854. The summed E-state index contributed by atoms with van der Waals surface area (Å²) in [6, 6.07) is 9.99. The van der Waals surface area contributed by atoms with Crippen molar-refractivity contribution in [3.05, 3.63) is 36.5 Å². The number of fused-ring (bicyclic) bond motifs is 2. The van der Waals surface area contributed by atoms with E-state index in [2.05, 4.69) is 40.2 Å². The summed E-state index contributed by atoms with van der Waals surface area (Å²) >= 11 is 0. The van der Waals surface area contributed by atoms with E-state index in [-0.39, 0.29) is 0 Å². The second-order valence-electron chi connectivity index (χ2n) is 5.10. The van der Waals surface area contributed by atoms with Crippen molar-refractivity contribution in [1.29, 1.82) is 0 Å². The molecule has 0 fully saturated rings. The molecule has 0 spiro atoms. The molecule has 0 unspecified atom stereocenters. The standard InChI is InChI=1S/C15H18N4O/c1-18(2)10-5-11-19-12-6-3-4-7-14(12)20-15-13(19)8-9-16-17-15/h3-4,6-9H,5,10-11H2,1-2H3. The third kappa shape index (κ3) is 2.44. The van der Waals surface area contributed by atoms with E-state index in [0.29, 0.717) is 5.88 Å². The summed E-state index contributed by atoms with van der Waals surface area (Å²) in [6.07, 6.45) is 2.78. The van der Waals surface area contributed by atoms with Crippen molar-refractivity contribution in [2.24, 2.45) is 0 Å². The van der Waals surface area contributed by atoms with E-state index < -0.39 is 0 Å². The molecule has 2 heterocycles. The molecule has 0 bridgehead atoms. The van der Waals surface area contributed by atoms with Gasteiger partial charge in [-0.1, -0.05) is 12.1 Å². The number of ether oxygens (including phenoxy) is 1. The number of para-hydroxylation sites is 2. The van der Waals surface area contributed by atoms with E-state index in [1.54, 1.807) is 6.20 Å². The van der Waals surface area contributed by atoms with Crippen LogP contribution in [0.25, 0.3) is 0 Å². The average molecular weight is 270 g/mol. The predicted octanol–water partition coefficient (Wildman–Crippen LogP) is 2.67. The van der Waals surface area contributed by atoms with Crippen LogP contribution in [0.4, 0.5) is 11.4 Å². The summed E-state index contributed by atoms with van der Waals surface area (Å²) in [6.45, 7) is 1.98. The van der Waals surface area contributed by atoms with Gasteiger partial charge >= 0.3 is 0 Å². The van der Waals surface area contributed by atoms with Crippen molar-refractivity contribution >= 4 is 11.4 Å². The zero-order chi connectivity index (χ0) is 13.9. The smallest absolute Gasteiger partial charge is 0.263 e. The van der Waals surface area contributed by atoms with Crippen LogP contribution < -0.4 is 9.64 Å². The van der Waals surface area contributed by atoms with Crippen LogP contribution in [0.15, 0.2) is 36.5 Å². The Hall–Kier alpha value is -2.14. The lowest BCUT2D eigenvalue weighted by Gasteiger charge is -2.31. The maximum Gasteiger partial charge on any atom is 0.263 e. The van der Waals surface area contributed by atoms with Gasteiger partial charge in [0.05, 0.1) is 11.9 Å². The molecular weight excluding hydrogens is 252 g/mol. The summed E-state index contributed by atoms with van der Waals surface area (Å²) in [7, 11) is 4.18. The van der Waals surface area contributed by atoms with Crippen LogP contribution in [-0.2, 0) is 0 Å². The van der Waals surface area contributed by atoms with Gasteiger partial charge in [-0.15, -0.1) is 5.10 Å². The highest BCUT2D eigenvalue weighted by molar-refractivity contribution is 5.75. The molecule has 0 atom stereocenters. The molecule has 0 N–H and O–H groups in total. The number of nitrogens with zero attached hydrogens (tertiary/aromatic N) is 4. The Morgan fingerprint density at radius 3 is 2.85 bits per heavy atom. The van der Waals surface area contributed by atoms with E-state index in [1.807, 2.05) is 24.3 Å². The van der Waals surface area contributed by atoms with Gasteiger partial charge in [0.15, 0.2) is 5.75 Å². The van der Waals surface area contributed by atoms with Crippen molar-refractivity contribution < 1.29 is 4.74 Å². The molecule has 5 heteroatoms. The molecule has 0 saturated carbocycles. The first-order valence-electron chi connectivity index (χ1n) is 6.76. The average Bonchev–Trinajstić information content (AvgIpc) is 2.46. The van der Waals surface area contributed by atoms with Gasteiger partial charge in [-0.25, -0.2) is 0 Å². The third-order valence-electron chi connectivity index (χ3n) is 3.31. The number of benzene rings is 1. The fraction of sp³-hybridized carbons (Fsp3) is 0.333. The van der Waals surface area contributed by atoms with Crippen LogP contribution in [0.2, 0.25) is 0 Å². The predicted molar refractivity (Wildman–Crippen MR) is 78.7 cm³/mol. The minimum Gasteiger partial charge on any atom is -0.434 e. The molecule has 1 aliphatic rings. The Bertz CT molecular complexity index is 554. The lowest BCUT2D eigenvalue weighted by Crippen LogP contribution is -2.26. The number of hydrogen-bond donors (Lipinski definition) is 0. The van der Waals surface area contributed by atoms with Crippen LogP contribution in [0.1, 0.15) is 6.42 Å². The van der Waals surface area contributed by atoms with Crippen LogP contribution in [0.5, 0.6) is 11.6 Å². The summed E-state index contributed by atoms with van der Waals surface area (Å²) in [5.74, 6) is 1.42. The second kappa shape index (κ2) is 5.46. The fourth-order valence-corrected chi connectivity index (χ4v) is 2.38. The van der Waals surface area contributed by atoms with Gasteiger partial charge in [0.2, 0.25) is 0 Å². The van der Waals surface area contributed by atoms with E-state index in [1.165, 1.54) is 0 Å². The normalized spacial score (nSPS) is 12.8. The lowest BCUT2D eigenvalue weighted by atomic mass is 10.2. The second-order valence-corrected chi connectivity index (χ2v) is 5.10. The zero-order valence-electron chi connectivity index (χ0n) is 11.8. The zero-order valence-corrected chi connectivity index (χ0v) is 11.8. The molecule has 0 saturated heterocycles. The molecule has 0 amide bonds. The number of rotatable bonds is 4. The molecule has 20 heavy (non-hydrogen) atoms. The molecule has 1 aliphatic heterocycles. The number of anilines is 2. The van der Waals surface area contributed by atoms with Gasteiger partial charge in [0.25, 0.3) is 5.88 Å². The summed E-state index contributed by atoms with van der Waals surface area (Å²) in [5.41, 5.74) is 2.07. The van der Waals surface area contributed by atoms with Crippen LogP contribution >= 0.6 is 0 Å². The van der Waals surface area contributed by atoms with Crippen LogP contribution in [0, 0.1) is 0 Å². The highest BCUT2D eigenvalue weighted by Gasteiger charge is 2.24. The Kier molecular flexibility index (Phi) is 3.52. The van der Waals surface area contributed by atoms with Gasteiger partial charge < -0.3 is 14.5 Å². The van der Waals surface area contributed by atoms with E-state index in [0.717, 1.165) is 36.6 Å². The highest BCUT2D eigenvalue weighted by Crippen LogP contribution is 2.44. The largest absolute Gasteiger partial charge is 0.434 e. The molecule has 1 aromatic carbocycles. The summed E-state index contributed by atoms with van der Waals surface area (Å²) in [5, 5.41) is 7.99. The van der Waals surface area contributed by atoms with Crippen molar-refractivity contribution in [1.82, 2.24) is 15.1 Å². The molecular formula is C15H18N4O. The van der Waals surface area contributed by atoms with E-state index >= 15 is 0 Å². The van der Waals surface area contributed by atoms with Gasteiger partial charge in [-0.05, 0) is 45.3 Å². The fourth-order valence-electron chi connectivity index (χ4n) is 2.38. The van der Waals surface area contributed by atoms with Crippen LogP contribution in [-0.4, -0.2) is 42.3 Å². The minimum absolute atomic E-state index is 0.580. The van der Waals surface area contributed by atoms with E-state index in [4.69, 9.17) is 4.74 Å². The summed E-state index contributed by atoms with van der Waals surface area (Å²) in [4.78, 5) is 4.45. The Morgan fingerprint density at radius 2 is 2.00 bits per heavy atom. The molecule has 104 valence electrons.